The van der Waals surface area contributed by atoms with Gasteiger partial charge in [0.2, 0.25) is 5.91 Å². The van der Waals surface area contributed by atoms with Gasteiger partial charge >= 0.3 is 0 Å². The number of carbonyl (C=O) groups is 1. The third kappa shape index (κ3) is 3.44. The van der Waals surface area contributed by atoms with E-state index in [4.69, 9.17) is 5.73 Å². The topological polar surface area (TPSA) is 55.1 Å². The molecule has 1 fully saturated rings. The van der Waals surface area contributed by atoms with Crippen LogP contribution < -0.4 is 11.1 Å². The van der Waals surface area contributed by atoms with Gasteiger partial charge in [0.25, 0.3) is 0 Å². The average Bonchev–Trinajstić information content (AvgIpc) is 3.07. The molecule has 0 bridgehead atoms. The monoisotopic (exact) mass is 302 g/mol. The molecule has 2 atom stereocenters. The van der Waals surface area contributed by atoms with Crippen LogP contribution in [-0.2, 0) is 11.2 Å². The lowest BCUT2D eigenvalue weighted by Crippen LogP contribution is -2.32. The summed E-state index contributed by atoms with van der Waals surface area (Å²) in [5, 5.41) is 6.56. The Hall–Kier alpha value is -1.39. The molecule has 0 saturated heterocycles. The summed E-state index contributed by atoms with van der Waals surface area (Å²) >= 11 is 1.77. The van der Waals surface area contributed by atoms with Crippen LogP contribution in [0.1, 0.15) is 31.2 Å². The first-order valence-corrected chi connectivity index (χ1v) is 8.59. The van der Waals surface area contributed by atoms with Gasteiger partial charge in [-0.3, -0.25) is 4.79 Å². The molecule has 112 valence electrons. The highest BCUT2D eigenvalue weighted by atomic mass is 32.1. The predicted octanol–water partition coefficient (Wildman–Crippen LogP) is 3.08. The second kappa shape index (κ2) is 6.58. The Morgan fingerprint density at radius 3 is 3.00 bits per heavy atom. The minimum Gasteiger partial charge on any atom is -0.356 e. The molecule has 0 spiro atoms. The zero-order chi connectivity index (χ0) is 14.7. The molecule has 1 aromatic heterocycles. The molecule has 1 aliphatic rings. The SMILES string of the molecule is N[C@@H]1CCC[C@H]1CC(=O)NCCc1csc2ccccc12. The van der Waals surface area contributed by atoms with Crippen molar-refractivity contribution in [1.82, 2.24) is 5.32 Å². The maximum atomic E-state index is 12.0. The summed E-state index contributed by atoms with van der Waals surface area (Å²) in [4.78, 5) is 12.0. The van der Waals surface area contributed by atoms with Gasteiger partial charge in [0.05, 0.1) is 0 Å². The summed E-state index contributed by atoms with van der Waals surface area (Å²) in [5.74, 6) is 0.531. The number of hydrogen-bond acceptors (Lipinski definition) is 3. The van der Waals surface area contributed by atoms with Gasteiger partial charge in [-0.1, -0.05) is 24.6 Å². The fourth-order valence-corrected chi connectivity index (χ4v) is 4.19. The van der Waals surface area contributed by atoms with Crippen molar-refractivity contribution >= 4 is 27.3 Å². The van der Waals surface area contributed by atoms with Gasteiger partial charge in [-0.25, -0.2) is 0 Å². The highest BCUT2D eigenvalue weighted by Gasteiger charge is 2.25. The average molecular weight is 302 g/mol. The molecule has 0 radical (unpaired) electrons. The van der Waals surface area contributed by atoms with E-state index in [1.165, 1.54) is 22.1 Å². The molecule has 1 aromatic carbocycles. The molecule has 3 nitrogen and oxygen atoms in total. The highest BCUT2D eigenvalue weighted by molar-refractivity contribution is 7.17. The zero-order valence-electron chi connectivity index (χ0n) is 12.2. The standard InChI is InChI=1S/C17H22N2OS/c18-15-6-3-4-12(15)10-17(20)19-9-8-13-11-21-16-7-2-1-5-14(13)16/h1-2,5,7,11-12,15H,3-4,6,8-10,18H2,(H,19,20)/t12-,15+/m0/s1. The van der Waals surface area contributed by atoms with Gasteiger partial charge in [0, 0.05) is 23.7 Å². The van der Waals surface area contributed by atoms with Crippen LogP contribution in [0, 0.1) is 5.92 Å². The Morgan fingerprint density at radius 2 is 2.19 bits per heavy atom. The Morgan fingerprint density at radius 1 is 1.33 bits per heavy atom. The fraction of sp³-hybridized carbons (Fsp3) is 0.471. The van der Waals surface area contributed by atoms with E-state index in [2.05, 4.69) is 35.0 Å². The number of nitrogens with two attached hydrogens (primary N) is 1. The molecule has 2 aromatic rings. The van der Waals surface area contributed by atoms with Gasteiger partial charge in [-0.15, -0.1) is 11.3 Å². The van der Waals surface area contributed by atoms with E-state index < -0.39 is 0 Å². The summed E-state index contributed by atoms with van der Waals surface area (Å²) in [6.07, 6.45) is 4.82. The highest BCUT2D eigenvalue weighted by Crippen LogP contribution is 2.27. The van der Waals surface area contributed by atoms with Crippen LogP contribution in [0.15, 0.2) is 29.6 Å². The molecule has 0 aliphatic heterocycles. The van der Waals surface area contributed by atoms with E-state index >= 15 is 0 Å². The first kappa shape index (κ1) is 14.5. The van der Waals surface area contributed by atoms with Crippen molar-refractivity contribution in [3.63, 3.8) is 0 Å². The minimum absolute atomic E-state index is 0.150. The van der Waals surface area contributed by atoms with Crippen molar-refractivity contribution in [3.05, 3.63) is 35.2 Å². The molecule has 1 saturated carbocycles. The number of amides is 1. The quantitative estimate of drug-likeness (QED) is 0.892. The van der Waals surface area contributed by atoms with Crippen LogP contribution in [0.4, 0.5) is 0 Å². The second-order valence-corrected chi connectivity index (χ2v) is 6.83. The normalized spacial score (nSPS) is 21.8. The van der Waals surface area contributed by atoms with Crippen molar-refractivity contribution in [2.75, 3.05) is 6.54 Å². The number of thiophene rings is 1. The Labute approximate surface area is 129 Å². The fourth-order valence-electron chi connectivity index (χ4n) is 3.19. The number of nitrogens with one attached hydrogen (secondary N) is 1. The van der Waals surface area contributed by atoms with E-state index in [0.29, 0.717) is 18.9 Å². The molecule has 3 N–H and O–H groups in total. The van der Waals surface area contributed by atoms with Crippen LogP contribution in [0.5, 0.6) is 0 Å². The molecule has 3 rings (SSSR count). The summed E-state index contributed by atoms with van der Waals surface area (Å²) in [5.41, 5.74) is 7.34. The summed E-state index contributed by atoms with van der Waals surface area (Å²) in [6, 6.07) is 8.65. The maximum absolute atomic E-state index is 12.0. The summed E-state index contributed by atoms with van der Waals surface area (Å²) < 4.78 is 1.32. The molecular weight excluding hydrogens is 280 g/mol. The van der Waals surface area contributed by atoms with Crippen LogP contribution >= 0.6 is 11.3 Å². The second-order valence-electron chi connectivity index (χ2n) is 5.92. The van der Waals surface area contributed by atoms with E-state index in [9.17, 15) is 4.79 Å². The predicted molar refractivity (Wildman–Crippen MR) is 88.5 cm³/mol. The molecule has 0 unspecified atom stereocenters. The van der Waals surface area contributed by atoms with Gasteiger partial charge in [0.15, 0.2) is 0 Å². The third-order valence-corrected chi connectivity index (χ3v) is 5.46. The lowest BCUT2D eigenvalue weighted by atomic mass is 10.00. The van der Waals surface area contributed by atoms with E-state index in [-0.39, 0.29) is 11.9 Å². The van der Waals surface area contributed by atoms with Crippen molar-refractivity contribution in [2.45, 2.75) is 38.1 Å². The lowest BCUT2D eigenvalue weighted by Gasteiger charge is -2.14. The lowest BCUT2D eigenvalue weighted by molar-refractivity contribution is -0.122. The molecule has 1 amide bonds. The first-order valence-electron chi connectivity index (χ1n) is 7.71. The van der Waals surface area contributed by atoms with Crippen molar-refractivity contribution in [2.24, 2.45) is 11.7 Å². The molecule has 1 aliphatic carbocycles. The first-order chi connectivity index (χ1) is 10.2. The summed E-state index contributed by atoms with van der Waals surface area (Å²) in [7, 11) is 0. The smallest absolute Gasteiger partial charge is 0.220 e. The molecular formula is C17H22N2OS. The number of fused-ring (bicyclic) bond motifs is 1. The number of rotatable bonds is 5. The van der Waals surface area contributed by atoms with Crippen molar-refractivity contribution in [1.29, 1.82) is 0 Å². The van der Waals surface area contributed by atoms with E-state index in [1.807, 2.05) is 0 Å². The molecule has 4 heteroatoms. The zero-order valence-corrected chi connectivity index (χ0v) is 13.0. The Balaban J connectivity index is 1.48. The van der Waals surface area contributed by atoms with Crippen LogP contribution in [0.2, 0.25) is 0 Å². The summed E-state index contributed by atoms with van der Waals surface area (Å²) in [6.45, 7) is 0.710. The van der Waals surface area contributed by atoms with Gasteiger partial charge in [-0.2, -0.15) is 0 Å². The van der Waals surface area contributed by atoms with Gasteiger partial charge < -0.3 is 11.1 Å². The number of benzene rings is 1. The van der Waals surface area contributed by atoms with Gasteiger partial charge in [-0.05, 0) is 47.6 Å². The van der Waals surface area contributed by atoms with Crippen molar-refractivity contribution < 1.29 is 4.79 Å². The largest absolute Gasteiger partial charge is 0.356 e. The molecule has 1 heterocycles. The van der Waals surface area contributed by atoms with Crippen LogP contribution in [0.25, 0.3) is 10.1 Å². The van der Waals surface area contributed by atoms with E-state index in [1.54, 1.807) is 11.3 Å². The Kier molecular flexibility index (Phi) is 4.56. The molecule has 21 heavy (non-hydrogen) atoms. The van der Waals surface area contributed by atoms with E-state index in [0.717, 1.165) is 19.3 Å². The third-order valence-electron chi connectivity index (χ3n) is 4.44. The maximum Gasteiger partial charge on any atom is 0.220 e. The van der Waals surface area contributed by atoms with Crippen molar-refractivity contribution in [3.8, 4) is 0 Å². The van der Waals surface area contributed by atoms with Crippen LogP contribution in [0.3, 0.4) is 0 Å². The number of hydrogen-bond donors (Lipinski definition) is 2. The minimum atomic E-state index is 0.150. The Bertz CT molecular complexity index is 622. The van der Waals surface area contributed by atoms with Gasteiger partial charge in [0.1, 0.15) is 0 Å². The van der Waals surface area contributed by atoms with Crippen LogP contribution in [-0.4, -0.2) is 18.5 Å². The number of carbonyl (C=O) groups excluding carboxylic acids is 1.